The molecule has 0 bridgehead atoms. The molecule has 0 unspecified atom stereocenters. The van der Waals surface area contributed by atoms with Crippen molar-refractivity contribution in [2.24, 2.45) is 0 Å². The third-order valence-corrected chi connectivity index (χ3v) is 0.748. The minimum atomic E-state index is 0. The van der Waals surface area contributed by atoms with Crippen LogP contribution in [-0.2, 0) is 21.7 Å². The van der Waals surface area contributed by atoms with Gasteiger partial charge in [0, 0.05) is 0 Å². The monoisotopic (exact) mass is 205 g/mol. The van der Waals surface area contributed by atoms with Crippen LogP contribution in [0.25, 0.3) is 0 Å². The number of hydrogen-bond donors (Lipinski definition) is 0. The molecule has 0 aromatic carbocycles. The fourth-order valence-corrected chi connectivity index (χ4v) is 0.352. The summed E-state index contributed by atoms with van der Waals surface area (Å²) in [4.78, 5) is 0. The molecule has 0 saturated heterocycles. The Morgan fingerprint density at radius 1 is 1.11 bits per heavy atom. The first-order valence-electron chi connectivity index (χ1n) is 2.50. The van der Waals surface area contributed by atoms with E-state index in [4.69, 9.17) is 0 Å². The van der Waals surface area contributed by atoms with Crippen LogP contribution in [0, 0.1) is 0 Å². The van der Waals surface area contributed by atoms with Crippen LogP contribution in [0.15, 0.2) is 0 Å². The molecular weight excluding hydrogens is 195 g/mol. The van der Waals surface area contributed by atoms with Gasteiger partial charge in [-0.1, -0.05) is 26.2 Å². The van der Waals surface area contributed by atoms with Crippen molar-refractivity contribution in [2.75, 3.05) is 6.61 Å². The summed E-state index contributed by atoms with van der Waals surface area (Å²) in [5.41, 5.74) is 0. The van der Waals surface area contributed by atoms with Crippen molar-refractivity contribution in [3.05, 3.63) is 0 Å². The topological polar surface area (TPSA) is 23.1 Å². The van der Waals surface area contributed by atoms with E-state index in [1.165, 1.54) is 0 Å². The summed E-state index contributed by atoms with van der Waals surface area (Å²) in [6.07, 6.45) is 3.11. The number of hydrogen-bond acceptors (Lipinski definition) is 1. The van der Waals surface area contributed by atoms with Crippen molar-refractivity contribution < 1.29 is 51.6 Å². The first-order valence-corrected chi connectivity index (χ1v) is 2.50. The Hall–Kier alpha value is 1.25. The van der Waals surface area contributed by atoms with E-state index in [0.717, 1.165) is 19.3 Å². The van der Waals surface area contributed by atoms with Crippen LogP contribution in [-0.4, -0.2) is 6.61 Å². The van der Waals surface area contributed by atoms with E-state index in [9.17, 15) is 5.11 Å². The predicted molar refractivity (Wildman–Crippen MR) is 24.4 cm³/mol. The molecule has 0 atom stereocenters. The van der Waals surface area contributed by atoms with Gasteiger partial charge in [-0.15, -0.1) is 6.61 Å². The minimum absolute atomic E-state index is 0. The van der Waals surface area contributed by atoms with E-state index in [-0.39, 0.29) is 53.1 Å². The van der Waals surface area contributed by atoms with Crippen molar-refractivity contribution in [2.45, 2.75) is 26.2 Å². The van der Waals surface area contributed by atoms with Gasteiger partial charge < -0.3 is 29.9 Å². The van der Waals surface area contributed by atoms with E-state index in [2.05, 4.69) is 6.92 Å². The zero-order valence-electron chi connectivity index (χ0n) is 5.49. The van der Waals surface area contributed by atoms with Crippen LogP contribution in [0.4, 0.5) is 0 Å². The average molecular weight is 206 g/mol. The van der Waals surface area contributed by atoms with Crippen molar-refractivity contribution in [1.29, 1.82) is 0 Å². The second-order valence-electron chi connectivity index (χ2n) is 1.41. The summed E-state index contributed by atoms with van der Waals surface area (Å²) in [6, 6.07) is 0. The summed E-state index contributed by atoms with van der Waals surface area (Å²) in [6.45, 7) is 2.20. The molecule has 0 N–H and O–H groups in total. The van der Waals surface area contributed by atoms with Crippen molar-refractivity contribution in [3.8, 4) is 0 Å². The van der Waals surface area contributed by atoms with E-state index < -0.39 is 0 Å². The molecule has 0 amide bonds. The Balaban J connectivity index is -0.0000000417. The average Bonchev–Trinajstić information content (AvgIpc) is 1.61. The summed E-state index contributed by atoms with van der Waals surface area (Å²) in [5.74, 6) is 0. The zero-order valence-corrected chi connectivity index (χ0v) is 8.57. The summed E-state index contributed by atoms with van der Waals surface area (Å²) >= 11 is 0. The molecule has 1 radical (unpaired) electrons. The fraction of sp³-hybridized carbons (Fsp3) is 1.00. The van der Waals surface area contributed by atoms with E-state index in [0.29, 0.717) is 0 Å². The largest absolute Gasteiger partial charge is 3.00 e. The van der Waals surface area contributed by atoms with Gasteiger partial charge >= 0.3 is 21.7 Å². The quantitative estimate of drug-likeness (QED) is 0.333. The number of unbranched alkanes of at least 4 members (excludes halogenated alkanes) is 2. The molecular formula is C5H11Cl2OTi. The van der Waals surface area contributed by atoms with Gasteiger partial charge in [0.15, 0.2) is 0 Å². The van der Waals surface area contributed by atoms with Gasteiger partial charge in [0.1, 0.15) is 0 Å². The number of halogens is 2. The molecule has 0 aromatic rings. The molecule has 0 heterocycles. The van der Waals surface area contributed by atoms with Crippen LogP contribution in [0.2, 0.25) is 0 Å². The summed E-state index contributed by atoms with van der Waals surface area (Å²) < 4.78 is 0. The molecule has 9 heavy (non-hydrogen) atoms. The first kappa shape index (κ1) is 22.5. The minimum Gasteiger partial charge on any atom is -1.00 e. The maximum absolute atomic E-state index is 9.69. The Labute approximate surface area is 84.3 Å². The number of rotatable bonds is 3. The Morgan fingerprint density at radius 3 is 1.67 bits per heavy atom. The van der Waals surface area contributed by atoms with E-state index in [1.54, 1.807) is 0 Å². The molecule has 0 fully saturated rings. The zero-order chi connectivity index (χ0) is 4.83. The van der Waals surface area contributed by atoms with Gasteiger partial charge in [0.2, 0.25) is 0 Å². The van der Waals surface area contributed by atoms with Crippen LogP contribution < -0.4 is 29.9 Å². The molecule has 0 spiro atoms. The Bertz CT molecular complexity index is 26.9. The molecule has 0 aliphatic heterocycles. The maximum Gasteiger partial charge on any atom is 3.00 e. The molecule has 0 aliphatic carbocycles. The van der Waals surface area contributed by atoms with Crippen molar-refractivity contribution >= 4 is 0 Å². The third-order valence-electron chi connectivity index (χ3n) is 0.748. The Kier molecular flexibility index (Phi) is 57.0. The molecule has 0 rings (SSSR count). The van der Waals surface area contributed by atoms with Crippen molar-refractivity contribution in [1.82, 2.24) is 0 Å². The van der Waals surface area contributed by atoms with Crippen LogP contribution in [0.3, 0.4) is 0 Å². The normalized spacial score (nSPS) is 6.00. The summed E-state index contributed by atoms with van der Waals surface area (Å²) in [5, 5.41) is 9.69. The molecule has 55 valence electrons. The van der Waals surface area contributed by atoms with Gasteiger partial charge in [-0.05, 0) is 0 Å². The second-order valence-corrected chi connectivity index (χ2v) is 1.41. The van der Waals surface area contributed by atoms with E-state index >= 15 is 0 Å². The van der Waals surface area contributed by atoms with Crippen LogP contribution >= 0.6 is 0 Å². The molecule has 0 aromatic heterocycles. The van der Waals surface area contributed by atoms with Gasteiger partial charge in [-0.3, -0.25) is 0 Å². The van der Waals surface area contributed by atoms with Gasteiger partial charge in [-0.2, -0.15) is 0 Å². The first-order chi connectivity index (χ1) is 2.91. The molecule has 0 saturated carbocycles. The summed E-state index contributed by atoms with van der Waals surface area (Å²) in [7, 11) is 0. The van der Waals surface area contributed by atoms with E-state index in [1.807, 2.05) is 0 Å². The van der Waals surface area contributed by atoms with Gasteiger partial charge in [0.05, 0.1) is 0 Å². The smallest absolute Gasteiger partial charge is 1.00 e. The molecule has 0 aliphatic rings. The second kappa shape index (κ2) is 22.8. The fourth-order valence-electron chi connectivity index (χ4n) is 0.352. The molecule has 1 nitrogen and oxygen atoms in total. The Morgan fingerprint density at radius 2 is 1.56 bits per heavy atom. The van der Waals surface area contributed by atoms with Crippen LogP contribution in [0.1, 0.15) is 26.2 Å². The van der Waals surface area contributed by atoms with Gasteiger partial charge in [-0.25, -0.2) is 0 Å². The van der Waals surface area contributed by atoms with Gasteiger partial charge in [0.25, 0.3) is 0 Å². The standard InChI is InChI=1S/C5H11O.2ClH.Ti/c1-2-3-4-5-6;;;/h2-5H2,1H3;2*1H;/q-1;;;+3/p-2. The molecule has 4 heteroatoms. The predicted octanol–water partition coefficient (Wildman–Crippen LogP) is -5.46. The van der Waals surface area contributed by atoms with Crippen LogP contribution in [0.5, 0.6) is 0 Å². The van der Waals surface area contributed by atoms with Crippen molar-refractivity contribution in [3.63, 3.8) is 0 Å². The third kappa shape index (κ3) is 26.9. The maximum atomic E-state index is 9.69. The SMILES string of the molecule is CCCCC[O-].[Cl-].[Cl-].[Ti+3].